The van der Waals surface area contributed by atoms with E-state index in [2.05, 4.69) is 19.8 Å². The van der Waals surface area contributed by atoms with Crippen molar-refractivity contribution in [3.05, 3.63) is 23.8 Å². The number of primary amides is 1. The number of carbonyl (C=O) groups is 1. The number of piperidine rings is 2. The number of nitrogens with zero attached hydrogens (tertiary/aromatic N) is 4. The van der Waals surface area contributed by atoms with Gasteiger partial charge in [-0.05, 0) is 83.0 Å². The van der Waals surface area contributed by atoms with Crippen LogP contribution in [0.3, 0.4) is 0 Å². The number of likely N-dealkylation sites (tertiary alicyclic amines) is 2. The molecule has 0 atom stereocenters. The van der Waals surface area contributed by atoms with Crippen molar-refractivity contribution >= 4 is 5.91 Å². The van der Waals surface area contributed by atoms with Crippen molar-refractivity contribution in [2.45, 2.75) is 63.8 Å². The first-order chi connectivity index (χ1) is 13.7. The molecule has 1 aliphatic carbocycles. The Morgan fingerprint density at radius 3 is 2.18 bits per heavy atom. The molecule has 1 saturated carbocycles. The summed E-state index contributed by atoms with van der Waals surface area (Å²) in [6, 6.07) is 0.931. The average molecular weight is 386 g/mol. The predicted molar refractivity (Wildman–Crippen MR) is 110 cm³/mol. The fourth-order valence-corrected chi connectivity index (χ4v) is 5.11. The first-order valence-corrected chi connectivity index (χ1v) is 11.2. The molecule has 28 heavy (non-hydrogen) atoms. The van der Waals surface area contributed by atoms with E-state index in [0.29, 0.717) is 0 Å². The topological polar surface area (TPSA) is 75.4 Å². The maximum Gasteiger partial charge on any atom is 0.268 e. The third-order valence-electron chi connectivity index (χ3n) is 7.26. The van der Waals surface area contributed by atoms with Crippen LogP contribution in [0.5, 0.6) is 0 Å². The monoisotopic (exact) mass is 385 g/mol. The van der Waals surface area contributed by atoms with E-state index in [-0.39, 0.29) is 5.69 Å². The van der Waals surface area contributed by atoms with Crippen LogP contribution in [0, 0.1) is 11.8 Å². The van der Waals surface area contributed by atoms with E-state index in [1.807, 2.05) is 0 Å². The molecule has 4 rings (SSSR count). The fourth-order valence-electron chi connectivity index (χ4n) is 5.11. The van der Waals surface area contributed by atoms with Crippen molar-refractivity contribution in [3.8, 4) is 0 Å². The first kappa shape index (κ1) is 19.8. The first-order valence-electron chi connectivity index (χ1n) is 11.2. The second kappa shape index (κ2) is 9.31. The summed E-state index contributed by atoms with van der Waals surface area (Å²) in [7, 11) is 0. The van der Waals surface area contributed by atoms with Gasteiger partial charge in [-0.1, -0.05) is 6.42 Å². The van der Waals surface area contributed by atoms with E-state index in [4.69, 9.17) is 5.73 Å². The standard InChI is InChI=1S/C22H35N5O/c23-22(28)21-16-24-19(15-25-21)8-11-26-9-4-17(5-10-26)14-18-6-12-27(13-7-18)20-2-1-3-20/h15-18,20H,1-14H2,(H2,23,28). The number of nitrogens with two attached hydrogens (primary N) is 1. The van der Waals surface area contributed by atoms with E-state index in [1.165, 1.54) is 83.7 Å². The Balaban J connectivity index is 1.12. The Hall–Kier alpha value is -1.53. The van der Waals surface area contributed by atoms with E-state index >= 15 is 0 Å². The highest BCUT2D eigenvalue weighted by atomic mass is 16.1. The summed E-state index contributed by atoms with van der Waals surface area (Å²) in [5.41, 5.74) is 6.39. The van der Waals surface area contributed by atoms with E-state index in [0.717, 1.165) is 36.5 Å². The highest BCUT2D eigenvalue weighted by Gasteiger charge is 2.30. The predicted octanol–water partition coefficient (Wildman–Crippen LogP) is 2.48. The van der Waals surface area contributed by atoms with Crippen LogP contribution < -0.4 is 5.73 Å². The number of carbonyl (C=O) groups excluding carboxylic acids is 1. The molecule has 6 nitrogen and oxygen atoms in total. The van der Waals surface area contributed by atoms with Gasteiger partial charge in [0.25, 0.3) is 5.91 Å². The van der Waals surface area contributed by atoms with Gasteiger partial charge in [0.15, 0.2) is 0 Å². The van der Waals surface area contributed by atoms with Gasteiger partial charge in [-0.3, -0.25) is 9.78 Å². The molecule has 1 aromatic heterocycles. The zero-order chi connectivity index (χ0) is 19.3. The molecule has 0 spiro atoms. The number of hydrogen-bond donors (Lipinski definition) is 1. The quantitative estimate of drug-likeness (QED) is 0.780. The molecule has 3 heterocycles. The van der Waals surface area contributed by atoms with Crippen LogP contribution >= 0.6 is 0 Å². The van der Waals surface area contributed by atoms with Gasteiger partial charge in [0.1, 0.15) is 5.69 Å². The maximum absolute atomic E-state index is 11.1. The van der Waals surface area contributed by atoms with Crippen LogP contribution in [0.15, 0.2) is 12.4 Å². The second-order valence-electron chi connectivity index (χ2n) is 9.09. The van der Waals surface area contributed by atoms with Crippen LogP contribution in [0.25, 0.3) is 0 Å². The third kappa shape index (κ3) is 5.09. The molecular weight excluding hydrogens is 350 g/mol. The lowest BCUT2D eigenvalue weighted by Gasteiger charge is -2.42. The van der Waals surface area contributed by atoms with Crippen molar-refractivity contribution in [2.75, 3.05) is 32.7 Å². The molecule has 3 fully saturated rings. The molecule has 3 aliphatic rings. The maximum atomic E-state index is 11.1. The molecule has 0 bridgehead atoms. The zero-order valence-corrected chi connectivity index (χ0v) is 17.1. The van der Waals surface area contributed by atoms with Crippen molar-refractivity contribution < 1.29 is 4.79 Å². The van der Waals surface area contributed by atoms with Crippen molar-refractivity contribution in [3.63, 3.8) is 0 Å². The molecule has 1 amide bonds. The van der Waals surface area contributed by atoms with Crippen molar-refractivity contribution in [2.24, 2.45) is 17.6 Å². The molecule has 6 heteroatoms. The highest BCUT2D eigenvalue weighted by Crippen LogP contribution is 2.33. The molecule has 0 unspecified atom stereocenters. The molecule has 1 aromatic rings. The lowest BCUT2D eigenvalue weighted by molar-refractivity contribution is 0.0729. The lowest BCUT2D eigenvalue weighted by atomic mass is 9.81. The van der Waals surface area contributed by atoms with Gasteiger partial charge in [-0.25, -0.2) is 4.98 Å². The van der Waals surface area contributed by atoms with Crippen molar-refractivity contribution in [1.29, 1.82) is 0 Å². The van der Waals surface area contributed by atoms with Gasteiger partial charge in [0.2, 0.25) is 0 Å². The van der Waals surface area contributed by atoms with Crippen LogP contribution in [0.2, 0.25) is 0 Å². The summed E-state index contributed by atoms with van der Waals surface area (Å²) in [5, 5.41) is 0. The Morgan fingerprint density at radius 2 is 1.64 bits per heavy atom. The lowest BCUT2D eigenvalue weighted by Crippen LogP contribution is -2.45. The van der Waals surface area contributed by atoms with Gasteiger partial charge >= 0.3 is 0 Å². The minimum absolute atomic E-state index is 0.239. The second-order valence-corrected chi connectivity index (χ2v) is 9.09. The summed E-state index contributed by atoms with van der Waals surface area (Å²) in [6.07, 6.45) is 15.4. The van der Waals surface area contributed by atoms with E-state index in [1.54, 1.807) is 6.20 Å². The Labute approximate surface area is 168 Å². The van der Waals surface area contributed by atoms with Crippen LogP contribution in [0.1, 0.15) is 67.5 Å². The normalized spacial score (nSPS) is 23.6. The van der Waals surface area contributed by atoms with Gasteiger partial charge < -0.3 is 15.5 Å². The number of amides is 1. The molecule has 154 valence electrons. The molecule has 2 N–H and O–H groups in total. The highest BCUT2D eigenvalue weighted by molar-refractivity contribution is 5.90. The van der Waals surface area contributed by atoms with Crippen molar-refractivity contribution in [1.82, 2.24) is 19.8 Å². The largest absolute Gasteiger partial charge is 0.364 e. The van der Waals surface area contributed by atoms with Gasteiger partial charge in [0, 0.05) is 25.2 Å². The van der Waals surface area contributed by atoms with Gasteiger partial charge in [-0.15, -0.1) is 0 Å². The molecule has 2 saturated heterocycles. The summed E-state index contributed by atoms with van der Waals surface area (Å²) >= 11 is 0. The summed E-state index contributed by atoms with van der Waals surface area (Å²) < 4.78 is 0. The Morgan fingerprint density at radius 1 is 0.964 bits per heavy atom. The smallest absolute Gasteiger partial charge is 0.268 e. The summed E-state index contributed by atoms with van der Waals surface area (Å²) in [5.74, 6) is 1.37. The number of hydrogen-bond acceptors (Lipinski definition) is 5. The Bertz CT molecular complexity index is 629. The Kier molecular flexibility index (Phi) is 6.58. The molecular formula is C22H35N5O. The van der Waals surface area contributed by atoms with Crippen LogP contribution in [0.4, 0.5) is 0 Å². The number of rotatable bonds is 7. The molecule has 2 aliphatic heterocycles. The van der Waals surface area contributed by atoms with Crippen LogP contribution in [-0.2, 0) is 6.42 Å². The van der Waals surface area contributed by atoms with E-state index < -0.39 is 5.91 Å². The average Bonchev–Trinajstić information content (AvgIpc) is 2.68. The SMILES string of the molecule is NC(=O)c1cnc(CCN2CCC(CC3CCN(C4CCC4)CC3)CC2)cn1. The molecule has 0 aromatic carbocycles. The minimum atomic E-state index is -0.519. The molecule has 0 radical (unpaired) electrons. The van der Waals surface area contributed by atoms with Gasteiger partial charge in [0.05, 0.1) is 11.9 Å². The summed E-state index contributed by atoms with van der Waals surface area (Å²) in [6.45, 7) is 6.14. The third-order valence-corrected chi connectivity index (χ3v) is 7.26. The minimum Gasteiger partial charge on any atom is -0.364 e. The number of aromatic nitrogens is 2. The summed E-state index contributed by atoms with van der Waals surface area (Å²) in [4.78, 5) is 24.8. The fraction of sp³-hybridized carbons (Fsp3) is 0.773. The van der Waals surface area contributed by atoms with Crippen LogP contribution in [-0.4, -0.2) is 64.4 Å². The van der Waals surface area contributed by atoms with Gasteiger partial charge in [-0.2, -0.15) is 0 Å². The zero-order valence-electron chi connectivity index (χ0n) is 17.1. The van der Waals surface area contributed by atoms with E-state index in [9.17, 15) is 4.79 Å².